The van der Waals surface area contributed by atoms with Crippen LogP contribution in [0.3, 0.4) is 0 Å². The van der Waals surface area contributed by atoms with E-state index in [2.05, 4.69) is 30.1 Å². The zero-order valence-electron chi connectivity index (χ0n) is 11.9. The van der Waals surface area contributed by atoms with Crippen molar-refractivity contribution in [1.29, 1.82) is 0 Å². The Morgan fingerprint density at radius 2 is 2.00 bits per heavy atom. The first-order chi connectivity index (χ1) is 9.22. The fourth-order valence-electron chi connectivity index (χ4n) is 2.25. The number of aliphatic hydroxyl groups excluding tert-OH is 1. The van der Waals surface area contributed by atoms with Crippen molar-refractivity contribution in [1.82, 2.24) is 10.2 Å². The average molecular weight is 285 g/mol. The van der Waals surface area contributed by atoms with E-state index in [9.17, 15) is 0 Å². The first-order valence-electron chi connectivity index (χ1n) is 7.03. The highest BCUT2D eigenvalue weighted by Crippen LogP contribution is 2.25. The van der Waals surface area contributed by atoms with Gasteiger partial charge in [-0.3, -0.25) is 0 Å². The van der Waals surface area contributed by atoms with Gasteiger partial charge in [0, 0.05) is 24.2 Å². The van der Waals surface area contributed by atoms with Gasteiger partial charge < -0.3 is 15.3 Å². The maximum atomic E-state index is 9.02. The number of rotatable bonds is 9. The number of halogens is 1. The number of nitrogens with zero attached hydrogens (tertiary/aromatic N) is 1. The largest absolute Gasteiger partial charge is 0.395 e. The van der Waals surface area contributed by atoms with E-state index in [4.69, 9.17) is 16.7 Å². The molecule has 1 unspecified atom stereocenters. The molecular formula is C15H25ClN2O. The van der Waals surface area contributed by atoms with E-state index in [1.165, 1.54) is 0 Å². The third-order valence-corrected chi connectivity index (χ3v) is 3.67. The summed E-state index contributed by atoms with van der Waals surface area (Å²) in [5.74, 6) is 0. The number of hydrogen-bond acceptors (Lipinski definition) is 3. The summed E-state index contributed by atoms with van der Waals surface area (Å²) in [6.07, 6.45) is 0.991. The van der Waals surface area contributed by atoms with Crippen LogP contribution in [0.15, 0.2) is 24.3 Å². The summed E-state index contributed by atoms with van der Waals surface area (Å²) in [7, 11) is 0. The van der Waals surface area contributed by atoms with Crippen molar-refractivity contribution in [3.63, 3.8) is 0 Å². The summed E-state index contributed by atoms with van der Waals surface area (Å²) >= 11 is 6.27. The van der Waals surface area contributed by atoms with Crippen molar-refractivity contribution < 1.29 is 5.11 Å². The van der Waals surface area contributed by atoms with E-state index in [0.29, 0.717) is 0 Å². The Bertz CT molecular complexity index is 360. The van der Waals surface area contributed by atoms with Gasteiger partial charge in [0.15, 0.2) is 0 Å². The molecule has 0 saturated carbocycles. The van der Waals surface area contributed by atoms with Crippen LogP contribution in [0, 0.1) is 0 Å². The van der Waals surface area contributed by atoms with E-state index in [-0.39, 0.29) is 12.6 Å². The Balaban J connectivity index is 2.65. The predicted molar refractivity (Wildman–Crippen MR) is 81.7 cm³/mol. The van der Waals surface area contributed by atoms with Crippen LogP contribution in [0.5, 0.6) is 0 Å². The van der Waals surface area contributed by atoms with Gasteiger partial charge in [-0.2, -0.15) is 0 Å². The minimum atomic E-state index is 0.214. The average Bonchev–Trinajstić information content (AvgIpc) is 2.42. The van der Waals surface area contributed by atoms with Crippen molar-refractivity contribution in [2.45, 2.75) is 26.3 Å². The molecule has 0 aliphatic carbocycles. The molecule has 0 fully saturated rings. The summed E-state index contributed by atoms with van der Waals surface area (Å²) < 4.78 is 0. The molecule has 1 aromatic carbocycles. The van der Waals surface area contributed by atoms with Crippen LogP contribution in [0.4, 0.5) is 0 Å². The third-order valence-electron chi connectivity index (χ3n) is 3.33. The summed E-state index contributed by atoms with van der Waals surface area (Å²) in [6.45, 7) is 8.01. The first kappa shape index (κ1) is 16.4. The molecule has 108 valence electrons. The SMILES string of the molecule is CCNC(CCN(CC)CCO)c1ccccc1Cl. The highest BCUT2D eigenvalue weighted by molar-refractivity contribution is 6.31. The normalized spacial score (nSPS) is 12.9. The maximum Gasteiger partial charge on any atom is 0.0558 e. The van der Waals surface area contributed by atoms with Gasteiger partial charge in [0.2, 0.25) is 0 Å². The van der Waals surface area contributed by atoms with E-state index in [0.717, 1.165) is 43.2 Å². The first-order valence-corrected chi connectivity index (χ1v) is 7.41. The van der Waals surface area contributed by atoms with Crippen LogP contribution in [-0.2, 0) is 0 Å². The highest BCUT2D eigenvalue weighted by atomic mass is 35.5. The summed E-state index contributed by atoms with van der Waals surface area (Å²) in [6, 6.07) is 8.27. The molecule has 1 atom stereocenters. The van der Waals surface area contributed by atoms with Gasteiger partial charge in [0.1, 0.15) is 0 Å². The number of aliphatic hydroxyl groups is 1. The van der Waals surface area contributed by atoms with Gasteiger partial charge in [0.25, 0.3) is 0 Å². The molecule has 0 spiro atoms. The third kappa shape index (κ3) is 5.49. The quantitative estimate of drug-likeness (QED) is 0.732. The fraction of sp³-hybridized carbons (Fsp3) is 0.600. The Labute approximate surface area is 121 Å². The second-order valence-electron chi connectivity index (χ2n) is 4.58. The molecule has 3 nitrogen and oxygen atoms in total. The molecule has 0 aromatic heterocycles. The molecule has 0 radical (unpaired) electrons. The molecule has 19 heavy (non-hydrogen) atoms. The molecule has 2 N–H and O–H groups in total. The second kappa shape index (κ2) is 9.32. The number of hydrogen-bond donors (Lipinski definition) is 2. The van der Waals surface area contributed by atoms with E-state index in [1.807, 2.05) is 18.2 Å². The van der Waals surface area contributed by atoms with Crippen LogP contribution < -0.4 is 5.32 Å². The van der Waals surface area contributed by atoms with Crippen LogP contribution >= 0.6 is 11.6 Å². The van der Waals surface area contributed by atoms with Crippen molar-refractivity contribution in [3.8, 4) is 0 Å². The maximum absolute atomic E-state index is 9.02. The second-order valence-corrected chi connectivity index (χ2v) is 4.99. The highest BCUT2D eigenvalue weighted by Gasteiger charge is 2.14. The number of benzene rings is 1. The molecule has 0 bridgehead atoms. The molecule has 4 heteroatoms. The predicted octanol–water partition coefficient (Wildman–Crippen LogP) is 2.69. The molecule has 1 aromatic rings. The lowest BCUT2D eigenvalue weighted by atomic mass is 10.0. The summed E-state index contributed by atoms with van der Waals surface area (Å²) in [4.78, 5) is 2.25. The van der Waals surface area contributed by atoms with E-state index in [1.54, 1.807) is 0 Å². The number of nitrogens with one attached hydrogen (secondary N) is 1. The molecular weight excluding hydrogens is 260 g/mol. The summed E-state index contributed by atoms with van der Waals surface area (Å²) in [5.41, 5.74) is 1.16. The molecule has 0 aliphatic rings. The Morgan fingerprint density at radius 1 is 1.26 bits per heavy atom. The topological polar surface area (TPSA) is 35.5 Å². The molecule has 1 rings (SSSR count). The smallest absolute Gasteiger partial charge is 0.0558 e. The Hall–Kier alpha value is -0.610. The van der Waals surface area contributed by atoms with Gasteiger partial charge in [-0.15, -0.1) is 0 Å². The van der Waals surface area contributed by atoms with Crippen molar-refractivity contribution in [3.05, 3.63) is 34.9 Å². The van der Waals surface area contributed by atoms with Crippen LogP contribution in [0.2, 0.25) is 5.02 Å². The minimum absolute atomic E-state index is 0.214. The fourth-order valence-corrected chi connectivity index (χ4v) is 2.52. The molecule has 0 heterocycles. The molecule has 0 amide bonds. The zero-order valence-corrected chi connectivity index (χ0v) is 12.7. The Kier molecular flexibility index (Phi) is 8.07. The van der Waals surface area contributed by atoms with Gasteiger partial charge >= 0.3 is 0 Å². The molecule has 0 aliphatic heterocycles. The minimum Gasteiger partial charge on any atom is -0.395 e. The monoisotopic (exact) mass is 284 g/mol. The van der Waals surface area contributed by atoms with Gasteiger partial charge in [0.05, 0.1) is 6.61 Å². The van der Waals surface area contributed by atoms with Crippen molar-refractivity contribution >= 4 is 11.6 Å². The zero-order chi connectivity index (χ0) is 14.1. The summed E-state index contributed by atoms with van der Waals surface area (Å²) in [5, 5.41) is 13.3. The van der Waals surface area contributed by atoms with Crippen LogP contribution in [0.25, 0.3) is 0 Å². The van der Waals surface area contributed by atoms with Gasteiger partial charge in [-0.1, -0.05) is 43.6 Å². The molecule has 0 saturated heterocycles. The standard InChI is InChI=1S/C15H25ClN2O/c1-3-17-15(9-10-18(4-2)11-12-19)13-7-5-6-8-14(13)16/h5-8,15,17,19H,3-4,9-12H2,1-2H3. The van der Waals surface area contributed by atoms with Crippen molar-refractivity contribution in [2.75, 3.05) is 32.8 Å². The lowest BCUT2D eigenvalue weighted by Crippen LogP contribution is -2.31. The number of likely N-dealkylation sites (N-methyl/N-ethyl adjacent to an activating group) is 1. The van der Waals surface area contributed by atoms with E-state index < -0.39 is 0 Å². The van der Waals surface area contributed by atoms with Crippen LogP contribution in [-0.4, -0.2) is 42.8 Å². The van der Waals surface area contributed by atoms with Crippen molar-refractivity contribution in [2.24, 2.45) is 0 Å². The van der Waals surface area contributed by atoms with E-state index >= 15 is 0 Å². The Morgan fingerprint density at radius 3 is 2.58 bits per heavy atom. The van der Waals surface area contributed by atoms with Gasteiger partial charge in [-0.05, 0) is 31.1 Å². The lowest BCUT2D eigenvalue weighted by molar-refractivity contribution is 0.195. The van der Waals surface area contributed by atoms with Crippen LogP contribution in [0.1, 0.15) is 31.9 Å². The van der Waals surface area contributed by atoms with Gasteiger partial charge in [-0.25, -0.2) is 0 Å². The lowest BCUT2D eigenvalue weighted by Gasteiger charge is -2.24.